The van der Waals surface area contributed by atoms with E-state index in [1.54, 1.807) is 31.4 Å². The molecule has 1 fully saturated rings. The van der Waals surface area contributed by atoms with Crippen LogP contribution in [0, 0.1) is 0 Å². The third kappa shape index (κ3) is 5.17. The minimum Gasteiger partial charge on any atom is -0.497 e. The minimum atomic E-state index is -1.26. The molecule has 208 valence electrons. The van der Waals surface area contributed by atoms with E-state index in [-0.39, 0.29) is 34.9 Å². The van der Waals surface area contributed by atoms with Crippen molar-refractivity contribution in [2.24, 2.45) is 0 Å². The molecule has 1 aliphatic rings. The molecule has 0 unspecified atom stereocenters. The fourth-order valence-electron chi connectivity index (χ4n) is 4.37. The molecule has 2 heterocycles. The number of benzene rings is 3. The topological polar surface area (TPSA) is 146 Å². The lowest BCUT2D eigenvalue weighted by atomic mass is 10.0. The van der Waals surface area contributed by atoms with Crippen LogP contribution in [-0.2, 0) is 4.74 Å². The van der Waals surface area contributed by atoms with E-state index in [9.17, 15) is 19.8 Å². The Balaban J connectivity index is 1.43. The highest BCUT2D eigenvalue weighted by molar-refractivity contribution is 6.06. The molecule has 0 saturated carbocycles. The van der Waals surface area contributed by atoms with E-state index in [4.69, 9.17) is 28.1 Å². The first kappa shape index (κ1) is 27.0. The standard InChI is InChI=1S/C29H27NO10/c1-35-18-6-4-5-15(11-18)19-12-17(8-9-22(19)36-2)27(33)30-20-13-16-7-10-23(26(37-3)25(16)40-28(20)34)39-29-24(32)21(31)14-38-29/h4-13,21,24,29,31-32H,14H2,1-3H3,(H,30,33)/t21-,24-,29+/m1/s1. The van der Waals surface area contributed by atoms with Crippen LogP contribution in [0.4, 0.5) is 5.69 Å². The summed E-state index contributed by atoms with van der Waals surface area (Å²) in [5, 5.41) is 22.8. The fraction of sp³-hybridized carbons (Fsp3) is 0.241. The smallest absolute Gasteiger partial charge is 0.360 e. The van der Waals surface area contributed by atoms with Crippen LogP contribution in [0.5, 0.6) is 23.0 Å². The predicted octanol–water partition coefficient (Wildman–Crippen LogP) is 3.20. The monoisotopic (exact) mass is 549 g/mol. The van der Waals surface area contributed by atoms with Gasteiger partial charge in [-0.3, -0.25) is 4.79 Å². The molecule has 1 aromatic heterocycles. The molecule has 11 heteroatoms. The quantitative estimate of drug-likeness (QED) is 0.280. The number of rotatable bonds is 8. The molecular weight excluding hydrogens is 522 g/mol. The largest absolute Gasteiger partial charge is 0.497 e. The molecule has 0 spiro atoms. The van der Waals surface area contributed by atoms with E-state index in [1.807, 2.05) is 24.3 Å². The van der Waals surface area contributed by atoms with Gasteiger partial charge in [-0.05, 0) is 54.1 Å². The lowest BCUT2D eigenvalue weighted by molar-refractivity contribution is -0.0942. The van der Waals surface area contributed by atoms with Crippen molar-refractivity contribution >= 4 is 22.6 Å². The van der Waals surface area contributed by atoms with Gasteiger partial charge in [0.1, 0.15) is 29.4 Å². The van der Waals surface area contributed by atoms with Gasteiger partial charge in [0.15, 0.2) is 11.3 Å². The van der Waals surface area contributed by atoms with E-state index < -0.39 is 30.0 Å². The number of fused-ring (bicyclic) bond motifs is 1. The predicted molar refractivity (Wildman–Crippen MR) is 144 cm³/mol. The Labute approximate surface area is 228 Å². The van der Waals surface area contributed by atoms with Gasteiger partial charge in [0.25, 0.3) is 5.91 Å². The Morgan fingerprint density at radius 3 is 2.45 bits per heavy atom. The van der Waals surface area contributed by atoms with Crippen molar-refractivity contribution in [1.82, 2.24) is 0 Å². The molecule has 0 aliphatic carbocycles. The first-order chi connectivity index (χ1) is 19.3. The maximum absolute atomic E-state index is 13.2. The van der Waals surface area contributed by atoms with E-state index in [2.05, 4.69) is 5.32 Å². The summed E-state index contributed by atoms with van der Waals surface area (Å²) in [6.45, 7) is -0.0882. The van der Waals surface area contributed by atoms with Gasteiger partial charge in [-0.1, -0.05) is 12.1 Å². The van der Waals surface area contributed by atoms with Gasteiger partial charge in [0.2, 0.25) is 12.0 Å². The number of aliphatic hydroxyl groups is 2. The number of carbonyl (C=O) groups excluding carboxylic acids is 1. The summed E-state index contributed by atoms with van der Waals surface area (Å²) >= 11 is 0. The molecular formula is C29H27NO10. The molecule has 0 bridgehead atoms. The van der Waals surface area contributed by atoms with Crippen LogP contribution in [0.2, 0.25) is 0 Å². The zero-order valence-electron chi connectivity index (χ0n) is 21.9. The molecule has 3 N–H and O–H groups in total. The van der Waals surface area contributed by atoms with Gasteiger partial charge in [0.05, 0.1) is 27.9 Å². The number of methoxy groups -OCH3 is 3. The summed E-state index contributed by atoms with van der Waals surface area (Å²) in [6, 6.07) is 16.8. The van der Waals surface area contributed by atoms with Crippen molar-refractivity contribution in [3.8, 4) is 34.1 Å². The van der Waals surface area contributed by atoms with E-state index in [0.717, 1.165) is 5.56 Å². The van der Waals surface area contributed by atoms with E-state index in [1.165, 1.54) is 26.4 Å². The molecule has 0 radical (unpaired) electrons. The highest BCUT2D eigenvalue weighted by Crippen LogP contribution is 2.37. The summed E-state index contributed by atoms with van der Waals surface area (Å²) in [6.07, 6.45) is -3.47. The number of anilines is 1. The zero-order chi connectivity index (χ0) is 28.4. The van der Waals surface area contributed by atoms with Gasteiger partial charge in [0, 0.05) is 16.5 Å². The Bertz CT molecular complexity index is 1610. The molecule has 1 amide bonds. The van der Waals surface area contributed by atoms with Crippen molar-refractivity contribution in [3.63, 3.8) is 0 Å². The van der Waals surface area contributed by atoms with Gasteiger partial charge in [-0.2, -0.15) is 0 Å². The van der Waals surface area contributed by atoms with Crippen LogP contribution in [0.15, 0.2) is 69.9 Å². The first-order valence-electron chi connectivity index (χ1n) is 12.3. The molecule has 1 aliphatic heterocycles. The van der Waals surface area contributed by atoms with Gasteiger partial charge >= 0.3 is 5.63 Å². The van der Waals surface area contributed by atoms with Crippen molar-refractivity contribution < 1.29 is 43.1 Å². The Morgan fingerprint density at radius 1 is 0.950 bits per heavy atom. The molecule has 11 nitrogen and oxygen atoms in total. The number of ether oxygens (including phenoxy) is 5. The average Bonchev–Trinajstić information content (AvgIpc) is 3.29. The Morgan fingerprint density at radius 2 is 1.75 bits per heavy atom. The van der Waals surface area contributed by atoms with Crippen LogP contribution in [0.3, 0.4) is 0 Å². The second-order valence-electron chi connectivity index (χ2n) is 8.94. The first-order valence-corrected chi connectivity index (χ1v) is 12.3. The third-order valence-corrected chi connectivity index (χ3v) is 6.46. The minimum absolute atomic E-state index is 0.0702. The van der Waals surface area contributed by atoms with Crippen LogP contribution < -0.4 is 29.9 Å². The number of aliphatic hydroxyl groups excluding tert-OH is 2. The molecule has 4 aromatic rings. The van der Waals surface area contributed by atoms with Gasteiger partial charge < -0.3 is 43.6 Å². The second-order valence-corrected chi connectivity index (χ2v) is 8.94. The number of hydrogen-bond donors (Lipinski definition) is 3. The van der Waals surface area contributed by atoms with E-state index in [0.29, 0.717) is 22.4 Å². The van der Waals surface area contributed by atoms with Crippen LogP contribution >= 0.6 is 0 Å². The summed E-state index contributed by atoms with van der Waals surface area (Å²) in [5.74, 6) is 0.900. The van der Waals surface area contributed by atoms with Crippen molar-refractivity contribution in [2.75, 3.05) is 33.3 Å². The molecule has 3 atom stereocenters. The lowest BCUT2D eigenvalue weighted by Gasteiger charge is -2.19. The Hall–Kier alpha value is -4.58. The maximum Gasteiger partial charge on any atom is 0.360 e. The molecule has 5 rings (SSSR count). The van der Waals surface area contributed by atoms with Crippen LogP contribution in [-0.4, -0.2) is 62.6 Å². The lowest BCUT2D eigenvalue weighted by Crippen LogP contribution is -2.33. The maximum atomic E-state index is 13.2. The summed E-state index contributed by atoms with van der Waals surface area (Å²) < 4.78 is 32.6. The van der Waals surface area contributed by atoms with Crippen molar-refractivity contribution in [1.29, 1.82) is 0 Å². The molecule has 1 saturated heterocycles. The van der Waals surface area contributed by atoms with Crippen LogP contribution in [0.1, 0.15) is 10.4 Å². The summed E-state index contributed by atoms with van der Waals surface area (Å²) in [7, 11) is 4.47. The fourth-order valence-corrected chi connectivity index (χ4v) is 4.37. The highest BCUT2D eigenvalue weighted by Gasteiger charge is 2.37. The van der Waals surface area contributed by atoms with Crippen LogP contribution in [0.25, 0.3) is 22.1 Å². The van der Waals surface area contributed by atoms with Crippen molar-refractivity contribution in [3.05, 3.63) is 76.6 Å². The van der Waals surface area contributed by atoms with Gasteiger partial charge in [-0.25, -0.2) is 4.79 Å². The summed E-state index contributed by atoms with van der Waals surface area (Å²) in [4.78, 5) is 26.0. The highest BCUT2D eigenvalue weighted by atomic mass is 16.7. The number of hydrogen-bond acceptors (Lipinski definition) is 10. The third-order valence-electron chi connectivity index (χ3n) is 6.46. The Kier molecular flexibility index (Phi) is 7.60. The zero-order valence-corrected chi connectivity index (χ0v) is 21.9. The van der Waals surface area contributed by atoms with E-state index >= 15 is 0 Å². The van der Waals surface area contributed by atoms with Gasteiger partial charge in [-0.15, -0.1) is 0 Å². The summed E-state index contributed by atoms with van der Waals surface area (Å²) in [5.41, 5.74) is 0.916. The average molecular weight is 550 g/mol. The number of carbonyl (C=O) groups is 1. The normalized spacial score (nSPS) is 18.4. The number of amides is 1. The molecule has 3 aromatic carbocycles. The SMILES string of the molecule is COc1cccc(-c2cc(C(=O)Nc3cc4ccc(O[C@@H]5OC[C@@H](O)[C@H]5O)c(OC)c4oc3=O)ccc2OC)c1. The number of nitrogens with one attached hydrogen (secondary N) is 1. The second kappa shape index (κ2) is 11.3. The molecule has 40 heavy (non-hydrogen) atoms. The van der Waals surface area contributed by atoms with Crippen molar-refractivity contribution in [2.45, 2.75) is 18.5 Å².